The number of carboxylic acids is 1. The molecule has 0 saturated carbocycles. The standard InChI is InChI=1S/C22H27NO3/c1-2-20(23-14-7-6-13-21(23)22(24)25)18-11-8-12-19(15-18)26-16-17-9-4-3-5-10-17/h3-5,8-12,15,20-21H,2,6-7,13-14,16H2,1H3,(H,24,25). The van der Waals surface area contributed by atoms with Gasteiger partial charge in [0, 0.05) is 6.04 Å². The molecule has 1 saturated heterocycles. The minimum atomic E-state index is -0.709. The molecule has 2 atom stereocenters. The molecule has 0 spiro atoms. The van der Waals surface area contributed by atoms with Crippen LogP contribution in [0.5, 0.6) is 5.75 Å². The van der Waals surface area contributed by atoms with Crippen LogP contribution in [-0.4, -0.2) is 28.6 Å². The molecule has 2 aromatic rings. The molecule has 26 heavy (non-hydrogen) atoms. The van der Waals surface area contributed by atoms with E-state index in [0.717, 1.165) is 49.1 Å². The van der Waals surface area contributed by atoms with Crippen LogP contribution >= 0.6 is 0 Å². The van der Waals surface area contributed by atoms with Gasteiger partial charge in [-0.2, -0.15) is 0 Å². The zero-order valence-electron chi connectivity index (χ0n) is 15.3. The van der Waals surface area contributed by atoms with Crippen molar-refractivity contribution in [3.8, 4) is 5.75 Å². The Hall–Kier alpha value is -2.33. The Morgan fingerprint density at radius 2 is 2.00 bits per heavy atom. The fourth-order valence-electron chi connectivity index (χ4n) is 3.81. The quantitative estimate of drug-likeness (QED) is 0.787. The first-order valence-electron chi connectivity index (χ1n) is 9.44. The topological polar surface area (TPSA) is 49.8 Å². The molecule has 1 N–H and O–H groups in total. The maximum absolute atomic E-state index is 11.7. The largest absolute Gasteiger partial charge is 0.489 e. The smallest absolute Gasteiger partial charge is 0.320 e. The van der Waals surface area contributed by atoms with Gasteiger partial charge in [-0.05, 0) is 49.1 Å². The number of nitrogens with zero attached hydrogens (tertiary/aromatic N) is 1. The second-order valence-corrected chi connectivity index (χ2v) is 6.86. The van der Waals surface area contributed by atoms with Gasteiger partial charge in [-0.15, -0.1) is 0 Å². The van der Waals surface area contributed by atoms with Crippen molar-refractivity contribution in [1.29, 1.82) is 0 Å². The van der Waals surface area contributed by atoms with Gasteiger partial charge in [-0.3, -0.25) is 9.69 Å². The summed E-state index contributed by atoms with van der Waals surface area (Å²) in [5, 5.41) is 9.60. The lowest BCUT2D eigenvalue weighted by Gasteiger charge is -2.39. The number of carbonyl (C=O) groups is 1. The van der Waals surface area contributed by atoms with Crippen LogP contribution in [0.15, 0.2) is 54.6 Å². The van der Waals surface area contributed by atoms with Gasteiger partial charge in [-0.25, -0.2) is 0 Å². The Bertz CT molecular complexity index is 716. The molecular formula is C22H27NO3. The molecule has 2 aromatic carbocycles. The van der Waals surface area contributed by atoms with Crippen LogP contribution in [0.25, 0.3) is 0 Å². The Balaban J connectivity index is 1.75. The van der Waals surface area contributed by atoms with Crippen molar-refractivity contribution < 1.29 is 14.6 Å². The van der Waals surface area contributed by atoms with E-state index < -0.39 is 5.97 Å². The number of rotatable bonds is 7. The van der Waals surface area contributed by atoms with Gasteiger partial charge in [0.1, 0.15) is 18.4 Å². The number of benzene rings is 2. The number of carboxylic acid groups (broad SMARTS) is 1. The summed E-state index contributed by atoms with van der Waals surface area (Å²) in [6.45, 7) is 3.49. The summed E-state index contributed by atoms with van der Waals surface area (Å²) in [5.41, 5.74) is 2.26. The predicted molar refractivity (Wildman–Crippen MR) is 102 cm³/mol. The van der Waals surface area contributed by atoms with E-state index in [1.54, 1.807) is 0 Å². The number of hydrogen-bond acceptors (Lipinski definition) is 3. The first kappa shape index (κ1) is 18.5. The third-order valence-electron chi connectivity index (χ3n) is 5.11. The highest BCUT2D eigenvalue weighted by molar-refractivity contribution is 5.73. The van der Waals surface area contributed by atoms with E-state index in [9.17, 15) is 9.90 Å². The molecule has 138 valence electrons. The summed E-state index contributed by atoms with van der Waals surface area (Å²) in [6, 6.07) is 17.9. The lowest BCUT2D eigenvalue weighted by atomic mass is 9.95. The van der Waals surface area contributed by atoms with Gasteiger partial charge in [0.2, 0.25) is 0 Å². The molecule has 0 bridgehead atoms. The molecule has 1 aliphatic heterocycles. The number of hydrogen-bond donors (Lipinski definition) is 1. The van der Waals surface area contributed by atoms with Crippen molar-refractivity contribution in [2.75, 3.05) is 6.54 Å². The van der Waals surface area contributed by atoms with Crippen molar-refractivity contribution in [3.63, 3.8) is 0 Å². The van der Waals surface area contributed by atoms with Crippen molar-refractivity contribution in [2.24, 2.45) is 0 Å². The molecule has 0 radical (unpaired) electrons. The van der Waals surface area contributed by atoms with Crippen molar-refractivity contribution in [2.45, 2.75) is 51.3 Å². The maximum atomic E-state index is 11.7. The van der Waals surface area contributed by atoms with Crippen LogP contribution in [0, 0.1) is 0 Å². The SMILES string of the molecule is CCC(c1cccc(OCc2ccccc2)c1)N1CCCCC1C(=O)O. The minimum absolute atomic E-state index is 0.108. The zero-order chi connectivity index (χ0) is 18.4. The summed E-state index contributed by atoms with van der Waals surface area (Å²) >= 11 is 0. The van der Waals surface area contributed by atoms with Crippen LogP contribution in [0.4, 0.5) is 0 Å². The van der Waals surface area contributed by atoms with E-state index in [4.69, 9.17) is 4.74 Å². The lowest BCUT2D eigenvalue weighted by Crippen LogP contribution is -2.46. The molecule has 3 rings (SSSR count). The van der Waals surface area contributed by atoms with Gasteiger partial charge in [0.05, 0.1) is 0 Å². The van der Waals surface area contributed by atoms with Gasteiger partial charge >= 0.3 is 5.97 Å². The molecule has 0 amide bonds. The first-order valence-corrected chi connectivity index (χ1v) is 9.44. The zero-order valence-corrected chi connectivity index (χ0v) is 15.3. The summed E-state index contributed by atoms with van der Waals surface area (Å²) in [7, 11) is 0. The molecule has 1 fully saturated rings. The van der Waals surface area contributed by atoms with E-state index in [0.29, 0.717) is 6.61 Å². The monoisotopic (exact) mass is 353 g/mol. The van der Waals surface area contributed by atoms with E-state index in [1.165, 1.54) is 0 Å². The van der Waals surface area contributed by atoms with Crippen molar-refractivity contribution in [3.05, 3.63) is 65.7 Å². The summed E-state index contributed by atoms with van der Waals surface area (Å²) in [4.78, 5) is 13.8. The van der Waals surface area contributed by atoms with Crippen LogP contribution in [0.2, 0.25) is 0 Å². The van der Waals surface area contributed by atoms with E-state index in [-0.39, 0.29) is 12.1 Å². The minimum Gasteiger partial charge on any atom is -0.489 e. The second kappa shape index (κ2) is 8.86. The van der Waals surface area contributed by atoms with Gasteiger partial charge < -0.3 is 9.84 Å². The number of piperidine rings is 1. The molecule has 4 nitrogen and oxygen atoms in total. The average Bonchev–Trinajstić information content (AvgIpc) is 2.68. The molecule has 0 aromatic heterocycles. The average molecular weight is 353 g/mol. The third-order valence-corrected chi connectivity index (χ3v) is 5.11. The van der Waals surface area contributed by atoms with Crippen molar-refractivity contribution >= 4 is 5.97 Å². The third kappa shape index (κ3) is 4.44. The second-order valence-electron chi connectivity index (χ2n) is 6.86. The van der Waals surface area contributed by atoms with Crippen molar-refractivity contribution in [1.82, 2.24) is 4.90 Å². The van der Waals surface area contributed by atoms with Gasteiger partial charge in [0.25, 0.3) is 0 Å². The molecule has 0 aliphatic carbocycles. The molecule has 4 heteroatoms. The Morgan fingerprint density at radius 1 is 1.19 bits per heavy atom. The molecule has 1 aliphatic rings. The molecule has 1 heterocycles. The van der Waals surface area contributed by atoms with Crippen LogP contribution in [-0.2, 0) is 11.4 Å². The van der Waals surface area contributed by atoms with E-state index in [2.05, 4.69) is 24.0 Å². The van der Waals surface area contributed by atoms with Gasteiger partial charge in [-0.1, -0.05) is 55.8 Å². The van der Waals surface area contributed by atoms with Crippen LogP contribution in [0.3, 0.4) is 0 Å². The van der Waals surface area contributed by atoms with E-state index in [1.807, 2.05) is 42.5 Å². The predicted octanol–water partition coefficient (Wildman–Crippen LogP) is 4.66. The number of aliphatic carboxylic acids is 1. The molecular weight excluding hydrogens is 326 g/mol. The summed E-state index contributed by atoms with van der Waals surface area (Å²) in [6.07, 6.45) is 3.66. The number of likely N-dealkylation sites (tertiary alicyclic amines) is 1. The first-order chi connectivity index (χ1) is 12.7. The summed E-state index contributed by atoms with van der Waals surface area (Å²) < 4.78 is 5.95. The highest BCUT2D eigenvalue weighted by Gasteiger charge is 2.33. The Labute approximate surface area is 155 Å². The summed E-state index contributed by atoms with van der Waals surface area (Å²) in [5.74, 6) is 0.119. The Morgan fingerprint density at radius 3 is 2.73 bits per heavy atom. The fraction of sp³-hybridized carbons (Fsp3) is 0.409. The van der Waals surface area contributed by atoms with E-state index >= 15 is 0 Å². The lowest BCUT2D eigenvalue weighted by molar-refractivity contribution is -0.146. The fourth-order valence-corrected chi connectivity index (χ4v) is 3.81. The van der Waals surface area contributed by atoms with Gasteiger partial charge in [0.15, 0.2) is 0 Å². The number of ether oxygens (including phenoxy) is 1. The highest BCUT2D eigenvalue weighted by atomic mass is 16.5. The highest BCUT2D eigenvalue weighted by Crippen LogP contribution is 2.32. The molecule has 2 unspecified atom stereocenters. The Kier molecular flexibility index (Phi) is 6.29. The maximum Gasteiger partial charge on any atom is 0.320 e. The normalized spacial score (nSPS) is 19.0. The van der Waals surface area contributed by atoms with Crippen LogP contribution < -0.4 is 4.74 Å². The van der Waals surface area contributed by atoms with Crippen LogP contribution in [0.1, 0.15) is 49.8 Å².